The van der Waals surface area contributed by atoms with Crippen molar-refractivity contribution in [1.82, 2.24) is 5.32 Å². The third-order valence-corrected chi connectivity index (χ3v) is 3.58. The van der Waals surface area contributed by atoms with Crippen LogP contribution in [0.3, 0.4) is 0 Å². The topological polar surface area (TPSA) is 58.2 Å². The van der Waals surface area contributed by atoms with Gasteiger partial charge < -0.3 is 10.6 Å². The highest BCUT2D eigenvalue weighted by Crippen LogP contribution is 2.15. The molecule has 0 saturated heterocycles. The lowest BCUT2D eigenvalue weighted by Gasteiger charge is -2.07. The van der Waals surface area contributed by atoms with E-state index in [4.69, 9.17) is 0 Å². The van der Waals surface area contributed by atoms with E-state index < -0.39 is 17.5 Å². The molecule has 110 valence electrons. The molecule has 0 radical (unpaired) electrons. The van der Waals surface area contributed by atoms with Crippen LogP contribution in [0.5, 0.6) is 0 Å². The van der Waals surface area contributed by atoms with Gasteiger partial charge in [-0.2, -0.15) is 0 Å². The number of carbonyl (C=O) groups is 2. The number of amides is 2. The van der Waals surface area contributed by atoms with Crippen LogP contribution < -0.4 is 10.6 Å². The number of carbonyl (C=O) groups excluding carboxylic acids is 2. The summed E-state index contributed by atoms with van der Waals surface area (Å²) in [6.45, 7) is 1.57. The predicted octanol–water partition coefficient (Wildman–Crippen LogP) is 2.70. The van der Waals surface area contributed by atoms with E-state index in [2.05, 4.69) is 10.6 Å². The molecule has 21 heavy (non-hydrogen) atoms. The van der Waals surface area contributed by atoms with Crippen LogP contribution in [0.4, 0.5) is 14.5 Å². The second kappa shape index (κ2) is 6.45. The lowest BCUT2D eigenvalue weighted by Crippen LogP contribution is -2.32. The Morgan fingerprint density at radius 2 is 1.95 bits per heavy atom. The maximum absolute atomic E-state index is 13.3. The minimum absolute atomic E-state index is 0.136. The van der Waals surface area contributed by atoms with Crippen molar-refractivity contribution in [2.75, 3.05) is 11.9 Å². The van der Waals surface area contributed by atoms with Gasteiger partial charge >= 0.3 is 0 Å². The first-order valence-electron chi connectivity index (χ1n) is 6.05. The van der Waals surface area contributed by atoms with Crippen LogP contribution in [0.2, 0.25) is 0 Å². The Morgan fingerprint density at radius 3 is 2.57 bits per heavy atom. The van der Waals surface area contributed by atoms with Crippen molar-refractivity contribution in [2.45, 2.75) is 6.92 Å². The van der Waals surface area contributed by atoms with Crippen molar-refractivity contribution in [3.05, 3.63) is 51.7 Å². The molecule has 0 unspecified atom stereocenters. The Kier molecular flexibility index (Phi) is 4.64. The number of aryl methyl sites for hydroxylation is 1. The molecular weight excluding hydrogens is 298 g/mol. The van der Waals surface area contributed by atoms with E-state index in [9.17, 15) is 18.4 Å². The van der Waals surface area contributed by atoms with E-state index in [0.717, 1.165) is 17.0 Å². The fraction of sp³-hybridized carbons (Fsp3) is 0.143. The van der Waals surface area contributed by atoms with Gasteiger partial charge in [0.1, 0.15) is 11.6 Å². The molecule has 0 aliphatic carbocycles. The largest absolute Gasteiger partial charge is 0.342 e. The van der Waals surface area contributed by atoms with E-state index in [1.807, 2.05) is 6.92 Å². The summed E-state index contributed by atoms with van der Waals surface area (Å²) >= 11 is 1.31. The summed E-state index contributed by atoms with van der Waals surface area (Å²) in [5.74, 6) is -2.57. The minimum Gasteiger partial charge on any atom is -0.342 e. The molecule has 2 aromatic rings. The Labute approximate surface area is 123 Å². The van der Waals surface area contributed by atoms with Gasteiger partial charge in [0.05, 0.1) is 17.1 Å². The van der Waals surface area contributed by atoms with Crippen LogP contribution in [0, 0.1) is 18.6 Å². The maximum Gasteiger partial charge on any atom is 0.261 e. The number of benzene rings is 1. The van der Waals surface area contributed by atoms with E-state index in [0.29, 0.717) is 10.9 Å². The zero-order valence-electron chi connectivity index (χ0n) is 11.1. The van der Waals surface area contributed by atoms with E-state index >= 15 is 0 Å². The van der Waals surface area contributed by atoms with E-state index in [1.54, 1.807) is 12.1 Å². The van der Waals surface area contributed by atoms with E-state index in [-0.39, 0.29) is 18.1 Å². The summed E-state index contributed by atoms with van der Waals surface area (Å²) in [6, 6.07) is 6.28. The summed E-state index contributed by atoms with van der Waals surface area (Å²) in [4.78, 5) is 24.8. The Hall–Kier alpha value is -2.28. The predicted molar refractivity (Wildman–Crippen MR) is 76.4 cm³/mol. The highest BCUT2D eigenvalue weighted by Gasteiger charge is 2.11. The third-order valence-electron chi connectivity index (χ3n) is 2.58. The number of halogens is 2. The summed E-state index contributed by atoms with van der Waals surface area (Å²) in [6.07, 6.45) is 0. The summed E-state index contributed by atoms with van der Waals surface area (Å²) in [5.41, 5.74) is -0.136. The van der Waals surface area contributed by atoms with Crippen molar-refractivity contribution in [1.29, 1.82) is 0 Å². The molecule has 0 atom stereocenters. The van der Waals surface area contributed by atoms with Crippen molar-refractivity contribution in [3.63, 3.8) is 0 Å². The van der Waals surface area contributed by atoms with Gasteiger partial charge in [-0.05, 0) is 31.2 Å². The van der Waals surface area contributed by atoms with Gasteiger partial charge in [-0.3, -0.25) is 9.59 Å². The van der Waals surface area contributed by atoms with Crippen LogP contribution in [0.25, 0.3) is 0 Å². The van der Waals surface area contributed by atoms with Crippen LogP contribution in [0.1, 0.15) is 14.5 Å². The normalized spacial score (nSPS) is 10.2. The van der Waals surface area contributed by atoms with Gasteiger partial charge in [0.25, 0.3) is 5.91 Å². The number of nitrogens with one attached hydrogen (secondary N) is 2. The Balaban J connectivity index is 1.89. The molecule has 4 nitrogen and oxygen atoms in total. The van der Waals surface area contributed by atoms with Crippen LogP contribution >= 0.6 is 11.3 Å². The first-order chi connectivity index (χ1) is 9.95. The molecule has 2 rings (SSSR count). The summed E-state index contributed by atoms with van der Waals surface area (Å²) in [5, 5.41) is 4.68. The Bertz CT molecular complexity index is 685. The van der Waals surface area contributed by atoms with Gasteiger partial charge in [-0.15, -0.1) is 11.3 Å². The SMILES string of the molecule is Cc1ccc(C(=O)NCC(=O)Nc2ccc(F)cc2F)s1. The van der Waals surface area contributed by atoms with Crippen molar-refractivity contribution < 1.29 is 18.4 Å². The first-order valence-corrected chi connectivity index (χ1v) is 6.87. The van der Waals surface area contributed by atoms with Crippen LogP contribution in [-0.2, 0) is 4.79 Å². The highest BCUT2D eigenvalue weighted by atomic mass is 32.1. The lowest BCUT2D eigenvalue weighted by molar-refractivity contribution is -0.115. The van der Waals surface area contributed by atoms with Gasteiger partial charge in [0.2, 0.25) is 5.91 Å². The van der Waals surface area contributed by atoms with Crippen molar-refractivity contribution in [2.24, 2.45) is 0 Å². The number of thiophene rings is 1. The van der Waals surface area contributed by atoms with Crippen molar-refractivity contribution >= 4 is 28.8 Å². The molecule has 0 spiro atoms. The minimum atomic E-state index is -0.872. The fourth-order valence-corrected chi connectivity index (χ4v) is 2.37. The smallest absolute Gasteiger partial charge is 0.261 e. The molecule has 7 heteroatoms. The quantitative estimate of drug-likeness (QED) is 0.912. The maximum atomic E-state index is 13.3. The standard InChI is InChI=1S/C14H12F2N2O2S/c1-8-2-5-12(21-8)14(20)17-7-13(19)18-11-4-3-9(15)6-10(11)16/h2-6H,7H2,1H3,(H,17,20)(H,18,19). The summed E-state index contributed by atoms with van der Waals surface area (Å²) < 4.78 is 26.1. The molecular formula is C14H12F2N2O2S. The molecule has 0 fully saturated rings. The third kappa shape index (κ3) is 4.09. The van der Waals surface area contributed by atoms with Gasteiger partial charge in [0.15, 0.2) is 0 Å². The fourth-order valence-electron chi connectivity index (χ4n) is 1.59. The molecule has 1 aromatic carbocycles. The molecule has 0 aliphatic heterocycles. The van der Waals surface area contributed by atoms with Gasteiger partial charge in [-0.1, -0.05) is 0 Å². The number of hydrogen-bond donors (Lipinski definition) is 2. The number of rotatable bonds is 4. The van der Waals surface area contributed by atoms with Crippen molar-refractivity contribution in [3.8, 4) is 0 Å². The number of hydrogen-bond acceptors (Lipinski definition) is 3. The molecule has 2 amide bonds. The zero-order chi connectivity index (χ0) is 15.4. The zero-order valence-corrected chi connectivity index (χ0v) is 11.9. The molecule has 1 heterocycles. The monoisotopic (exact) mass is 310 g/mol. The van der Waals surface area contributed by atoms with Gasteiger partial charge in [-0.25, -0.2) is 8.78 Å². The van der Waals surface area contributed by atoms with Gasteiger partial charge in [0, 0.05) is 10.9 Å². The molecule has 0 saturated carbocycles. The van der Waals surface area contributed by atoms with Crippen LogP contribution in [0.15, 0.2) is 30.3 Å². The summed E-state index contributed by atoms with van der Waals surface area (Å²) in [7, 11) is 0. The van der Waals surface area contributed by atoms with E-state index in [1.165, 1.54) is 11.3 Å². The van der Waals surface area contributed by atoms with Crippen LogP contribution in [-0.4, -0.2) is 18.4 Å². The average Bonchev–Trinajstić information content (AvgIpc) is 2.86. The molecule has 0 aliphatic rings. The average molecular weight is 310 g/mol. The molecule has 0 bridgehead atoms. The lowest BCUT2D eigenvalue weighted by atomic mass is 10.3. The second-order valence-corrected chi connectivity index (χ2v) is 5.55. The molecule has 2 N–H and O–H groups in total. The highest BCUT2D eigenvalue weighted by molar-refractivity contribution is 7.13. The Morgan fingerprint density at radius 1 is 1.19 bits per heavy atom. The molecule has 1 aromatic heterocycles. The number of anilines is 1. The second-order valence-electron chi connectivity index (χ2n) is 4.27. The first kappa shape index (κ1) is 15.1.